The van der Waals surface area contributed by atoms with E-state index in [0.29, 0.717) is 15.1 Å². The topological polar surface area (TPSA) is 44.6 Å². The summed E-state index contributed by atoms with van der Waals surface area (Å²) < 4.78 is 0.580. The fourth-order valence-electron chi connectivity index (χ4n) is 1.19. The Morgan fingerprint density at radius 2 is 2.31 bits per heavy atom. The summed E-state index contributed by atoms with van der Waals surface area (Å²) in [6.07, 6.45) is 2.61. The third kappa shape index (κ3) is 4.12. The van der Waals surface area contributed by atoms with Gasteiger partial charge in [0.1, 0.15) is 5.75 Å². The standard InChI is InChI=1S/C11H14BrClN2O/c1-14-3-2-4-15-7-8-5-9(13)6-10(12)11(8)16/h5-7,14,16H,2-4H2,1H3. The van der Waals surface area contributed by atoms with Gasteiger partial charge < -0.3 is 10.4 Å². The predicted octanol–water partition coefficient (Wildman–Crippen LogP) is 2.84. The fraction of sp³-hybridized carbons (Fsp3) is 0.364. The van der Waals surface area contributed by atoms with E-state index in [0.717, 1.165) is 19.5 Å². The van der Waals surface area contributed by atoms with Crippen LogP contribution in [-0.2, 0) is 0 Å². The Morgan fingerprint density at radius 1 is 1.56 bits per heavy atom. The highest BCUT2D eigenvalue weighted by atomic mass is 79.9. The summed E-state index contributed by atoms with van der Waals surface area (Å²) in [4.78, 5) is 4.22. The molecule has 0 aromatic heterocycles. The maximum absolute atomic E-state index is 9.72. The Labute approximate surface area is 109 Å². The highest BCUT2D eigenvalue weighted by Gasteiger charge is 2.04. The van der Waals surface area contributed by atoms with E-state index in [1.54, 1.807) is 18.3 Å². The number of aliphatic imine (C=N–C) groups is 1. The molecule has 0 heterocycles. The molecule has 16 heavy (non-hydrogen) atoms. The first-order valence-corrected chi connectivity index (χ1v) is 6.14. The molecule has 0 spiro atoms. The lowest BCUT2D eigenvalue weighted by atomic mass is 10.2. The Bertz CT molecular complexity index is 382. The zero-order chi connectivity index (χ0) is 12.0. The number of phenolic OH excluding ortho intramolecular Hbond substituents is 1. The van der Waals surface area contributed by atoms with Crippen molar-refractivity contribution >= 4 is 33.7 Å². The first-order valence-electron chi connectivity index (χ1n) is 4.97. The predicted molar refractivity (Wildman–Crippen MR) is 71.8 cm³/mol. The Kier molecular flexibility index (Phi) is 5.80. The van der Waals surface area contributed by atoms with Crippen LogP contribution in [-0.4, -0.2) is 31.5 Å². The van der Waals surface area contributed by atoms with Crippen LogP contribution in [0.2, 0.25) is 5.02 Å². The fourth-order valence-corrected chi connectivity index (χ4v) is 2.03. The summed E-state index contributed by atoms with van der Waals surface area (Å²) in [5.41, 5.74) is 0.629. The van der Waals surface area contributed by atoms with Crippen molar-refractivity contribution in [2.24, 2.45) is 4.99 Å². The van der Waals surface area contributed by atoms with Crippen LogP contribution in [0, 0.1) is 0 Å². The first-order chi connectivity index (χ1) is 7.65. The molecule has 3 nitrogen and oxygen atoms in total. The van der Waals surface area contributed by atoms with E-state index in [1.807, 2.05) is 7.05 Å². The quantitative estimate of drug-likeness (QED) is 0.649. The van der Waals surface area contributed by atoms with Gasteiger partial charge in [-0.2, -0.15) is 0 Å². The molecule has 0 atom stereocenters. The molecule has 0 bridgehead atoms. The van der Waals surface area contributed by atoms with Gasteiger partial charge in [-0.1, -0.05) is 11.6 Å². The van der Waals surface area contributed by atoms with Crippen molar-refractivity contribution < 1.29 is 5.11 Å². The first kappa shape index (κ1) is 13.5. The number of halogens is 2. The SMILES string of the molecule is CNCCCN=Cc1cc(Cl)cc(Br)c1O. The smallest absolute Gasteiger partial charge is 0.138 e. The van der Waals surface area contributed by atoms with Gasteiger partial charge in [-0.3, -0.25) is 4.99 Å². The maximum atomic E-state index is 9.72. The van der Waals surface area contributed by atoms with E-state index in [2.05, 4.69) is 26.2 Å². The summed E-state index contributed by atoms with van der Waals surface area (Å²) in [5.74, 6) is 0.168. The lowest BCUT2D eigenvalue weighted by Crippen LogP contribution is -2.08. The van der Waals surface area contributed by atoms with Crippen LogP contribution in [0.3, 0.4) is 0 Å². The van der Waals surface area contributed by atoms with Crippen LogP contribution < -0.4 is 5.32 Å². The Morgan fingerprint density at radius 3 is 3.00 bits per heavy atom. The second-order valence-electron chi connectivity index (χ2n) is 3.32. The van der Waals surface area contributed by atoms with E-state index in [-0.39, 0.29) is 5.75 Å². The number of aromatic hydroxyl groups is 1. The van der Waals surface area contributed by atoms with E-state index in [9.17, 15) is 5.11 Å². The third-order valence-electron chi connectivity index (χ3n) is 2.00. The van der Waals surface area contributed by atoms with Gasteiger partial charge in [0, 0.05) is 23.3 Å². The molecule has 0 aliphatic heterocycles. The van der Waals surface area contributed by atoms with Crippen LogP contribution in [0.1, 0.15) is 12.0 Å². The van der Waals surface area contributed by atoms with E-state index in [4.69, 9.17) is 11.6 Å². The van der Waals surface area contributed by atoms with Crippen LogP contribution >= 0.6 is 27.5 Å². The molecule has 0 saturated carbocycles. The lowest BCUT2D eigenvalue weighted by molar-refractivity contribution is 0.471. The van der Waals surface area contributed by atoms with Crippen molar-refractivity contribution in [2.75, 3.05) is 20.1 Å². The Balaban J connectivity index is 2.66. The number of benzene rings is 1. The van der Waals surface area contributed by atoms with Crippen molar-refractivity contribution in [3.63, 3.8) is 0 Å². The maximum Gasteiger partial charge on any atom is 0.138 e. The average Bonchev–Trinajstić information content (AvgIpc) is 2.24. The highest BCUT2D eigenvalue weighted by molar-refractivity contribution is 9.10. The number of hydrogen-bond donors (Lipinski definition) is 2. The molecule has 0 amide bonds. The number of rotatable bonds is 5. The van der Waals surface area contributed by atoms with Gasteiger partial charge in [-0.15, -0.1) is 0 Å². The summed E-state index contributed by atoms with van der Waals surface area (Å²) in [6.45, 7) is 1.66. The van der Waals surface area contributed by atoms with Gasteiger partial charge in [0.05, 0.1) is 4.47 Å². The molecule has 1 rings (SSSR count). The van der Waals surface area contributed by atoms with Gasteiger partial charge in [0.2, 0.25) is 0 Å². The molecule has 0 aliphatic carbocycles. The van der Waals surface area contributed by atoms with Crippen molar-refractivity contribution in [1.29, 1.82) is 0 Å². The largest absolute Gasteiger partial charge is 0.506 e. The number of nitrogens with one attached hydrogen (secondary N) is 1. The van der Waals surface area contributed by atoms with Crippen molar-refractivity contribution in [3.05, 3.63) is 27.2 Å². The van der Waals surface area contributed by atoms with Crippen LogP contribution in [0.5, 0.6) is 5.75 Å². The van der Waals surface area contributed by atoms with Gasteiger partial charge in [-0.05, 0) is 48.1 Å². The minimum Gasteiger partial charge on any atom is -0.506 e. The van der Waals surface area contributed by atoms with Crippen molar-refractivity contribution in [3.8, 4) is 5.75 Å². The molecule has 0 radical (unpaired) electrons. The zero-order valence-corrected chi connectivity index (χ0v) is 11.3. The molecule has 1 aromatic carbocycles. The molecule has 2 N–H and O–H groups in total. The zero-order valence-electron chi connectivity index (χ0n) is 9.00. The Hall–Kier alpha value is -0.580. The molecule has 0 unspecified atom stereocenters. The highest BCUT2D eigenvalue weighted by Crippen LogP contribution is 2.30. The minimum atomic E-state index is 0.168. The van der Waals surface area contributed by atoms with E-state index in [1.165, 1.54) is 0 Å². The van der Waals surface area contributed by atoms with E-state index >= 15 is 0 Å². The summed E-state index contributed by atoms with van der Waals surface area (Å²) >= 11 is 9.10. The van der Waals surface area contributed by atoms with Gasteiger partial charge in [0.25, 0.3) is 0 Å². The van der Waals surface area contributed by atoms with Crippen LogP contribution in [0.25, 0.3) is 0 Å². The molecule has 5 heteroatoms. The second kappa shape index (κ2) is 6.89. The van der Waals surface area contributed by atoms with Gasteiger partial charge >= 0.3 is 0 Å². The molecule has 0 saturated heterocycles. The number of nitrogens with zero attached hydrogens (tertiary/aromatic N) is 1. The van der Waals surface area contributed by atoms with Gasteiger partial charge in [0.15, 0.2) is 0 Å². The molecule has 0 fully saturated rings. The second-order valence-corrected chi connectivity index (χ2v) is 4.61. The van der Waals surface area contributed by atoms with E-state index < -0.39 is 0 Å². The van der Waals surface area contributed by atoms with Crippen LogP contribution in [0.4, 0.5) is 0 Å². The summed E-state index contributed by atoms with van der Waals surface area (Å²) in [6, 6.07) is 3.33. The monoisotopic (exact) mass is 304 g/mol. The van der Waals surface area contributed by atoms with Crippen molar-refractivity contribution in [1.82, 2.24) is 5.32 Å². The molecular formula is C11H14BrClN2O. The molecule has 1 aromatic rings. The molecular weight excluding hydrogens is 291 g/mol. The number of hydrogen-bond acceptors (Lipinski definition) is 3. The molecule has 0 aliphatic rings. The molecule has 88 valence electrons. The minimum absolute atomic E-state index is 0.168. The summed E-state index contributed by atoms with van der Waals surface area (Å²) in [5, 5.41) is 13.3. The lowest BCUT2D eigenvalue weighted by Gasteiger charge is -2.02. The third-order valence-corrected chi connectivity index (χ3v) is 2.82. The van der Waals surface area contributed by atoms with Crippen LogP contribution in [0.15, 0.2) is 21.6 Å². The van der Waals surface area contributed by atoms with Crippen molar-refractivity contribution in [2.45, 2.75) is 6.42 Å². The summed E-state index contributed by atoms with van der Waals surface area (Å²) in [7, 11) is 1.91. The normalized spacial score (nSPS) is 11.2. The number of phenols is 1. The van der Waals surface area contributed by atoms with Gasteiger partial charge in [-0.25, -0.2) is 0 Å². The average molecular weight is 306 g/mol.